The molecular weight excluding hydrogens is 579 g/mol. The molecule has 1 N–H and O–H groups in total. The summed E-state index contributed by atoms with van der Waals surface area (Å²) in [5.41, 5.74) is 0.312. The van der Waals surface area contributed by atoms with Crippen molar-refractivity contribution in [3.8, 4) is 22.6 Å². The average molecular weight is 608 g/mol. The molecule has 0 bridgehead atoms. The van der Waals surface area contributed by atoms with Gasteiger partial charge in [-0.15, -0.1) is 0 Å². The SMILES string of the molecule is COc1cn(C(C[C@H]2CCCCO2)C(=O)Cc2ccc(C(=O)O)cc2)c(=O)cc1-c1cc(Cl)ccc1OCC(F)(F)F. The van der Waals surface area contributed by atoms with E-state index in [1.54, 1.807) is 12.1 Å². The largest absolute Gasteiger partial charge is 0.495 e. The summed E-state index contributed by atoms with van der Waals surface area (Å²) < 4.78 is 56.3. The summed E-state index contributed by atoms with van der Waals surface area (Å²) in [6.07, 6.45) is -0.846. The zero-order chi connectivity index (χ0) is 30.4. The van der Waals surface area contributed by atoms with Gasteiger partial charge >= 0.3 is 12.1 Å². The molecule has 8 nitrogen and oxygen atoms in total. The van der Waals surface area contributed by atoms with E-state index in [9.17, 15) is 27.6 Å². The quantitative estimate of drug-likeness (QED) is 0.280. The summed E-state index contributed by atoms with van der Waals surface area (Å²) in [4.78, 5) is 38.4. The van der Waals surface area contributed by atoms with Gasteiger partial charge in [-0.25, -0.2) is 4.79 Å². The number of ketones is 1. The van der Waals surface area contributed by atoms with Gasteiger partial charge in [0.2, 0.25) is 0 Å². The van der Waals surface area contributed by atoms with Gasteiger partial charge in [0.1, 0.15) is 11.5 Å². The highest BCUT2D eigenvalue weighted by molar-refractivity contribution is 6.31. The molecule has 1 aliphatic heterocycles. The van der Waals surface area contributed by atoms with Crippen LogP contribution >= 0.6 is 11.6 Å². The number of ether oxygens (including phenoxy) is 3. The van der Waals surface area contributed by atoms with E-state index >= 15 is 0 Å². The number of pyridine rings is 1. The fourth-order valence-corrected chi connectivity index (χ4v) is 5.04. The van der Waals surface area contributed by atoms with E-state index in [1.807, 2.05) is 0 Å². The standard InChI is InChI=1S/C30H29ClF3NO7/c1-40-27-16-35(28(37)15-23(27)22-13-20(31)9-10-26(22)42-17-30(32,33)34)24(14-21-4-2-3-11-41-21)25(36)12-18-5-7-19(8-6-18)29(38)39/h5-10,13,15-16,21,24H,2-4,11-12,14,17H2,1H3,(H,38,39)/t21-,24?/m1/s1. The number of halogens is 4. The monoisotopic (exact) mass is 607 g/mol. The van der Waals surface area contributed by atoms with Gasteiger partial charge in [0.25, 0.3) is 5.56 Å². The zero-order valence-electron chi connectivity index (χ0n) is 22.7. The fraction of sp³-hybridized carbons (Fsp3) is 0.367. The topological polar surface area (TPSA) is 104 Å². The molecule has 224 valence electrons. The summed E-state index contributed by atoms with van der Waals surface area (Å²) in [5.74, 6) is -1.44. The van der Waals surface area contributed by atoms with Crippen molar-refractivity contribution in [2.75, 3.05) is 20.3 Å². The Hall–Kier alpha value is -3.83. The summed E-state index contributed by atoms with van der Waals surface area (Å²) in [6.45, 7) is -1.01. The van der Waals surface area contributed by atoms with Crippen LogP contribution in [0.25, 0.3) is 11.1 Å². The van der Waals surface area contributed by atoms with Crippen molar-refractivity contribution in [3.05, 3.63) is 81.2 Å². The number of benzene rings is 2. The molecule has 0 aliphatic carbocycles. The highest BCUT2D eigenvalue weighted by Crippen LogP contribution is 2.38. The molecule has 1 aromatic heterocycles. The van der Waals surface area contributed by atoms with E-state index in [2.05, 4.69) is 0 Å². The number of Topliss-reactive ketones (excluding diaryl/α,β-unsaturated/α-hetero) is 1. The molecule has 12 heteroatoms. The Bertz CT molecular complexity index is 1480. The van der Waals surface area contributed by atoms with Crippen LogP contribution in [-0.4, -0.2) is 54.0 Å². The summed E-state index contributed by atoms with van der Waals surface area (Å²) in [7, 11) is 1.33. The lowest BCUT2D eigenvalue weighted by atomic mass is 9.95. The maximum Gasteiger partial charge on any atom is 0.422 e. The lowest BCUT2D eigenvalue weighted by Gasteiger charge is -2.28. The number of hydrogen-bond acceptors (Lipinski definition) is 6. The van der Waals surface area contributed by atoms with E-state index in [1.165, 1.54) is 54.3 Å². The molecule has 1 fully saturated rings. The minimum absolute atomic E-state index is 0.0719. The third kappa shape index (κ3) is 7.92. The Morgan fingerprint density at radius 2 is 1.81 bits per heavy atom. The van der Waals surface area contributed by atoms with Crippen molar-refractivity contribution < 1.29 is 42.1 Å². The summed E-state index contributed by atoms with van der Waals surface area (Å²) >= 11 is 6.13. The zero-order valence-corrected chi connectivity index (χ0v) is 23.4. The number of alkyl halides is 3. The Labute approximate surface area is 244 Å². The number of aromatic nitrogens is 1. The highest BCUT2D eigenvalue weighted by atomic mass is 35.5. The van der Waals surface area contributed by atoms with Crippen molar-refractivity contribution in [2.45, 2.75) is 50.4 Å². The Morgan fingerprint density at radius 1 is 1.10 bits per heavy atom. The van der Waals surface area contributed by atoms with Crippen LogP contribution in [-0.2, 0) is 16.0 Å². The van der Waals surface area contributed by atoms with Crippen LogP contribution in [0.1, 0.15) is 47.6 Å². The van der Waals surface area contributed by atoms with Gasteiger partial charge in [0, 0.05) is 41.7 Å². The minimum Gasteiger partial charge on any atom is -0.495 e. The maximum atomic E-state index is 13.7. The number of rotatable bonds is 11. The lowest BCUT2D eigenvalue weighted by Crippen LogP contribution is -2.34. The van der Waals surface area contributed by atoms with Crippen LogP contribution in [0.4, 0.5) is 13.2 Å². The van der Waals surface area contributed by atoms with Crippen LogP contribution < -0.4 is 15.0 Å². The van der Waals surface area contributed by atoms with Crippen LogP contribution in [0.2, 0.25) is 5.02 Å². The molecular formula is C30H29ClF3NO7. The van der Waals surface area contributed by atoms with E-state index < -0.39 is 30.4 Å². The fourth-order valence-electron chi connectivity index (χ4n) is 4.87. The third-order valence-corrected chi connectivity index (χ3v) is 7.17. The highest BCUT2D eigenvalue weighted by Gasteiger charge is 2.31. The van der Waals surface area contributed by atoms with Crippen LogP contribution in [0.3, 0.4) is 0 Å². The maximum absolute atomic E-state index is 13.7. The molecule has 0 saturated carbocycles. The molecule has 42 heavy (non-hydrogen) atoms. The van der Waals surface area contributed by atoms with Crippen LogP contribution in [0.15, 0.2) is 59.5 Å². The van der Waals surface area contributed by atoms with E-state index in [4.69, 9.17) is 30.9 Å². The molecule has 2 atom stereocenters. The molecule has 3 aromatic rings. The van der Waals surface area contributed by atoms with Gasteiger partial charge in [-0.1, -0.05) is 23.7 Å². The first kappa shape index (κ1) is 31.1. The second-order valence-electron chi connectivity index (χ2n) is 9.93. The van der Waals surface area contributed by atoms with Gasteiger partial charge in [-0.3, -0.25) is 9.59 Å². The number of carbonyl (C=O) groups is 2. The van der Waals surface area contributed by atoms with Crippen LogP contribution in [0, 0.1) is 0 Å². The Morgan fingerprint density at radius 3 is 2.43 bits per heavy atom. The average Bonchev–Trinajstić information content (AvgIpc) is 2.95. The van der Waals surface area contributed by atoms with Crippen molar-refractivity contribution in [1.82, 2.24) is 4.57 Å². The van der Waals surface area contributed by atoms with Gasteiger partial charge in [-0.2, -0.15) is 13.2 Å². The number of nitrogens with zero attached hydrogens (tertiary/aromatic N) is 1. The smallest absolute Gasteiger partial charge is 0.422 e. The number of methoxy groups -OCH3 is 1. The Balaban J connectivity index is 1.73. The molecule has 1 aliphatic rings. The van der Waals surface area contributed by atoms with E-state index in [0.717, 1.165) is 12.8 Å². The first-order valence-corrected chi connectivity index (χ1v) is 13.6. The summed E-state index contributed by atoms with van der Waals surface area (Å²) in [6, 6.07) is 10.1. The van der Waals surface area contributed by atoms with Gasteiger partial charge < -0.3 is 23.9 Å². The van der Waals surface area contributed by atoms with E-state index in [-0.39, 0.29) is 57.9 Å². The van der Waals surface area contributed by atoms with Crippen molar-refractivity contribution in [2.24, 2.45) is 0 Å². The number of carboxylic acids is 1. The molecule has 1 saturated heterocycles. The third-order valence-electron chi connectivity index (χ3n) is 6.93. The van der Waals surface area contributed by atoms with Crippen molar-refractivity contribution in [3.63, 3.8) is 0 Å². The van der Waals surface area contributed by atoms with E-state index in [0.29, 0.717) is 18.6 Å². The second kappa shape index (κ2) is 13.4. The molecule has 1 unspecified atom stereocenters. The predicted octanol–water partition coefficient (Wildman–Crippen LogP) is 6.13. The molecule has 0 spiro atoms. The van der Waals surface area contributed by atoms with Gasteiger partial charge in [0.15, 0.2) is 12.4 Å². The molecule has 2 heterocycles. The minimum atomic E-state index is -4.59. The van der Waals surface area contributed by atoms with Crippen LogP contribution in [0.5, 0.6) is 11.5 Å². The predicted molar refractivity (Wildman–Crippen MR) is 149 cm³/mol. The van der Waals surface area contributed by atoms with Crippen molar-refractivity contribution >= 4 is 23.4 Å². The number of carbonyl (C=O) groups excluding carboxylic acids is 1. The lowest BCUT2D eigenvalue weighted by molar-refractivity contribution is -0.153. The first-order chi connectivity index (χ1) is 19.9. The van der Waals surface area contributed by atoms with Gasteiger partial charge in [-0.05, 0) is 55.2 Å². The number of aromatic carboxylic acids is 1. The van der Waals surface area contributed by atoms with Crippen molar-refractivity contribution in [1.29, 1.82) is 0 Å². The molecule has 0 radical (unpaired) electrons. The normalized spacial score (nSPS) is 16.1. The second-order valence-corrected chi connectivity index (χ2v) is 10.4. The number of carboxylic acid groups (broad SMARTS) is 1. The van der Waals surface area contributed by atoms with Gasteiger partial charge in [0.05, 0.1) is 31.0 Å². The molecule has 2 aromatic carbocycles. The molecule has 4 rings (SSSR count). The number of hydrogen-bond donors (Lipinski definition) is 1. The Kier molecular flexibility index (Phi) is 9.95. The first-order valence-electron chi connectivity index (χ1n) is 13.2. The molecule has 0 amide bonds. The summed E-state index contributed by atoms with van der Waals surface area (Å²) in [5, 5.41) is 9.36.